The summed E-state index contributed by atoms with van der Waals surface area (Å²) in [6.45, 7) is 5.85. The van der Waals surface area contributed by atoms with Crippen molar-refractivity contribution in [2.45, 2.75) is 25.8 Å². The molecule has 1 saturated heterocycles. The van der Waals surface area contributed by atoms with Gasteiger partial charge in [0.15, 0.2) is 0 Å². The zero-order valence-electron chi connectivity index (χ0n) is 10.4. The van der Waals surface area contributed by atoms with Gasteiger partial charge in [0.25, 0.3) is 0 Å². The van der Waals surface area contributed by atoms with Gasteiger partial charge in [-0.1, -0.05) is 6.08 Å². The number of aliphatic carboxylic acids is 1. The van der Waals surface area contributed by atoms with Crippen molar-refractivity contribution in [1.82, 2.24) is 14.9 Å². The molecule has 5 nitrogen and oxygen atoms in total. The van der Waals surface area contributed by atoms with Gasteiger partial charge in [0.05, 0.1) is 12.0 Å². The first-order chi connectivity index (χ1) is 8.66. The van der Waals surface area contributed by atoms with Crippen molar-refractivity contribution in [2.75, 3.05) is 13.1 Å². The first-order valence-corrected chi connectivity index (χ1v) is 6.21. The Morgan fingerprint density at radius 2 is 2.56 bits per heavy atom. The van der Waals surface area contributed by atoms with Crippen LogP contribution in [0.15, 0.2) is 25.0 Å². The van der Waals surface area contributed by atoms with Crippen molar-refractivity contribution >= 4 is 5.97 Å². The van der Waals surface area contributed by atoms with E-state index in [9.17, 15) is 9.90 Å². The molecule has 98 valence electrons. The lowest BCUT2D eigenvalue weighted by Crippen LogP contribution is -2.47. The minimum Gasteiger partial charge on any atom is -0.481 e. The highest BCUT2D eigenvalue weighted by Crippen LogP contribution is 2.34. The fraction of sp³-hybridized carbons (Fsp3) is 0.538. The van der Waals surface area contributed by atoms with E-state index < -0.39 is 11.4 Å². The first kappa shape index (κ1) is 12.8. The molecule has 1 aliphatic rings. The smallest absolute Gasteiger partial charge is 0.311 e. The van der Waals surface area contributed by atoms with Crippen molar-refractivity contribution in [3.8, 4) is 0 Å². The Morgan fingerprint density at radius 3 is 3.17 bits per heavy atom. The fourth-order valence-electron chi connectivity index (χ4n) is 2.66. The molecule has 1 atom stereocenters. The van der Waals surface area contributed by atoms with Crippen LogP contribution in [0.1, 0.15) is 25.1 Å². The summed E-state index contributed by atoms with van der Waals surface area (Å²) in [6, 6.07) is 0. The summed E-state index contributed by atoms with van der Waals surface area (Å²) in [7, 11) is 0. The van der Waals surface area contributed by atoms with Gasteiger partial charge in [-0.05, 0) is 25.8 Å². The fourth-order valence-corrected chi connectivity index (χ4v) is 2.66. The molecule has 1 aromatic rings. The second-order valence-electron chi connectivity index (χ2n) is 4.93. The molecule has 1 aromatic heterocycles. The van der Waals surface area contributed by atoms with E-state index in [0.717, 1.165) is 25.2 Å². The van der Waals surface area contributed by atoms with Crippen LogP contribution in [0.25, 0.3) is 0 Å². The van der Waals surface area contributed by atoms with Gasteiger partial charge in [0, 0.05) is 18.9 Å². The van der Waals surface area contributed by atoms with Gasteiger partial charge in [-0.2, -0.15) is 0 Å². The Balaban J connectivity index is 2.06. The van der Waals surface area contributed by atoms with Crippen molar-refractivity contribution in [2.24, 2.45) is 5.41 Å². The second-order valence-corrected chi connectivity index (χ2v) is 4.93. The molecule has 0 aromatic carbocycles. The van der Waals surface area contributed by atoms with Crippen molar-refractivity contribution in [3.05, 3.63) is 30.9 Å². The van der Waals surface area contributed by atoms with E-state index in [-0.39, 0.29) is 0 Å². The topological polar surface area (TPSA) is 69.2 Å². The van der Waals surface area contributed by atoms with Gasteiger partial charge in [0.2, 0.25) is 0 Å². The van der Waals surface area contributed by atoms with E-state index in [0.29, 0.717) is 19.5 Å². The number of piperidine rings is 1. The largest absolute Gasteiger partial charge is 0.481 e. The van der Waals surface area contributed by atoms with E-state index in [1.54, 1.807) is 18.5 Å². The van der Waals surface area contributed by atoms with Gasteiger partial charge >= 0.3 is 5.97 Å². The van der Waals surface area contributed by atoms with Crippen LogP contribution in [0.2, 0.25) is 0 Å². The highest BCUT2D eigenvalue weighted by atomic mass is 16.4. The number of aromatic nitrogens is 2. The standard InChI is InChI=1S/C13H19N3O2/c1-2-4-13(12(17)18)5-3-8-16(10-13)9-11-14-6-7-15-11/h2,6-7H,1,3-5,8-10H2,(H,14,15)(H,17,18)/t13-/m0/s1. The monoisotopic (exact) mass is 249 g/mol. The Labute approximate surface area is 107 Å². The summed E-state index contributed by atoms with van der Waals surface area (Å²) in [6.07, 6.45) is 7.37. The zero-order valence-corrected chi connectivity index (χ0v) is 10.4. The second kappa shape index (κ2) is 5.35. The van der Waals surface area contributed by atoms with Gasteiger partial charge in [-0.15, -0.1) is 6.58 Å². The molecule has 2 heterocycles. The summed E-state index contributed by atoms with van der Waals surface area (Å²) >= 11 is 0. The molecule has 0 spiro atoms. The van der Waals surface area contributed by atoms with Crippen LogP contribution in [-0.4, -0.2) is 39.0 Å². The third kappa shape index (κ3) is 2.61. The van der Waals surface area contributed by atoms with Gasteiger partial charge in [-0.3, -0.25) is 9.69 Å². The Morgan fingerprint density at radius 1 is 1.72 bits per heavy atom. The number of allylic oxidation sites excluding steroid dienone is 1. The molecule has 0 unspecified atom stereocenters. The van der Waals surface area contributed by atoms with Gasteiger partial charge in [-0.25, -0.2) is 4.98 Å². The molecule has 0 bridgehead atoms. The summed E-state index contributed by atoms with van der Waals surface area (Å²) in [5, 5.41) is 9.47. The van der Waals surface area contributed by atoms with E-state index in [1.165, 1.54) is 0 Å². The van der Waals surface area contributed by atoms with Crippen LogP contribution in [-0.2, 0) is 11.3 Å². The van der Waals surface area contributed by atoms with Crippen LogP contribution >= 0.6 is 0 Å². The van der Waals surface area contributed by atoms with Crippen LogP contribution in [0.3, 0.4) is 0 Å². The number of hydrogen-bond acceptors (Lipinski definition) is 3. The number of nitrogens with one attached hydrogen (secondary N) is 1. The maximum Gasteiger partial charge on any atom is 0.311 e. The van der Waals surface area contributed by atoms with Crippen molar-refractivity contribution in [3.63, 3.8) is 0 Å². The summed E-state index contributed by atoms with van der Waals surface area (Å²) in [5.41, 5.74) is -0.674. The maximum absolute atomic E-state index is 11.5. The van der Waals surface area contributed by atoms with E-state index in [4.69, 9.17) is 0 Å². The number of hydrogen-bond donors (Lipinski definition) is 2. The maximum atomic E-state index is 11.5. The number of rotatable bonds is 5. The van der Waals surface area contributed by atoms with E-state index in [2.05, 4.69) is 21.4 Å². The number of aromatic amines is 1. The molecule has 1 aliphatic heterocycles. The zero-order chi connectivity index (χ0) is 13.0. The number of H-pyrrole nitrogens is 1. The summed E-state index contributed by atoms with van der Waals surface area (Å²) in [4.78, 5) is 20.9. The number of carboxylic acids is 1. The molecular formula is C13H19N3O2. The molecule has 18 heavy (non-hydrogen) atoms. The van der Waals surface area contributed by atoms with Crippen molar-refractivity contribution < 1.29 is 9.90 Å². The highest BCUT2D eigenvalue weighted by molar-refractivity contribution is 5.75. The van der Waals surface area contributed by atoms with Gasteiger partial charge < -0.3 is 10.1 Å². The number of carbonyl (C=O) groups is 1. The Bertz CT molecular complexity index is 416. The lowest BCUT2D eigenvalue weighted by atomic mass is 9.77. The lowest BCUT2D eigenvalue weighted by Gasteiger charge is -2.39. The average Bonchev–Trinajstić information content (AvgIpc) is 2.82. The third-order valence-electron chi connectivity index (χ3n) is 3.57. The highest BCUT2D eigenvalue weighted by Gasteiger charge is 2.41. The Hall–Kier alpha value is -1.62. The van der Waals surface area contributed by atoms with Crippen LogP contribution in [0, 0.1) is 5.41 Å². The minimum absolute atomic E-state index is 0.525. The molecular weight excluding hydrogens is 230 g/mol. The molecule has 1 fully saturated rings. The van der Waals surface area contributed by atoms with Crippen LogP contribution < -0.4 is 0 Å². The molecule has 0 aliphatic carbocycles. The lowest BCUT2D eigenvalue weighted by molar-refractivity contribution is -0.152. The van der Waals surface area contributed by atoms with Gasteiger partial charge in [0.1, 0.15) is 5.82 Å². The molecule has 0 saturated carbocycles. The minimum atomic E-state index is -0.716. The average molecular weight is 249 g/mol. The van der Waals surface area contributed by atoms with Crippen LogP contribution in [0.5, 0.6) is 0 Å². The summed E-state index contributed by atoms with van der Waals surface area (Å²) in [5.74, 6) is 0.168. The molecule has 0 radical (unpaired) electrons. The molecule has 0 amide bonds. The number of imidazole rings is 1. The third-order valence-corrected chi connectivity index (χ3v) is 3.57. The van der Waals surface area contributed by atoms with E-state index >= 15 is 0 Å². The number of likely N-dealkylation sites (tertiary alicyclic amines) is 1. The number of nitrogens with zero attached hydrogens (tertiary/aromatic N) is 2. The first-order valence-electron chi connectivity index (χ1n) is 6.21. The SMILES string of the molecule is C=CC[C@]1(C(=O)O)CCCN(Cc2ncc[nH]2)C1. The quantitative estimate of drug-likeness (QED) is 0.779. The molecule has 2 N–H and O–H groups in total. The molecule has 2 rings (SSSR count). The predicted octanol–water partition coefficient (Wildman–Crippen LogP) is 1.65. The predicted molar refractivity (Wildman–Crippen MR) is 68.0 cm³/mol. The van der Waals surface area contributed by atoms with Crippen LogP contribution in [0.4, 0.5) is 0 Å². The van der Waals surface area contributed by atoms with Crippen molar-refractivity contribution in [1.29, 1.82) is 0 Å². The Kier molecular flexibility index (Phi) is 3.81. The number of carboxylic acid groups (broad SMARTS) is 1. The van der Waals surface area contributed by atoms with E-state index in [1.807, 2.05) is 0 Å². The summed E-state index contributed by atoms with van der Waals surface area (Å²) < 4.78 is 0. The normalized spacial score (nSPS) is 24.9. The molecule has 5 heteroatoms.